The van der Waals surface area contributed by atoms with Crippen molar-refractivity contribution in [3.8, 4) is 0 Å². The van der Waals surface area contributed by atoms with Crippen molar-refractivity contribution in [1.82, 2.24) is 10.6 Å². The predicted molar refractivity (Wildman–Crippen MR) is 48.4 cm³/mol. The lowest BCUT2D eigenvalue weighted by Gasteiger charge is -2.05. The quantitative estimate of drug-likeness (QED) is 0.442. The lowest BCUT2D eigenvalue weighted by atomic mass is 10.3. The summed E-state index contributed by atoms with van der Waals surface area (Å²) in [6.45, 7) is 1.23. The van der Waals surface area contributed by atoms with E-state index in [4.69, 9.17) is 5.11 Å². The van der Waals surface area contributed by atoms with Crippen molar-refractivity contribution < 1.29 is 19.5 Å². The van der Waals surface area contributed by atoms with Crippen molar-refractivity contribution >= 4 is 18.1 Å². The van der Waals surface area contributed by atoms with Crippen LogP contribution in [0.5, 0.6) is 0 Å². The zero-order valence-electron chi connectivity index (χ0n) is 7.95. The van der Waals surface area contributed by atoms with Gasteiger partial charge < -0.3 is 20.5 Å². The van der Waals surface area contributed by atoms with Crippen LogP contribution in [-0.2, 0) is 14.4 Å². The summed E-state index contributed by atoms with van der Waals surface area (Å²) in [5.74, 6) is -0.836. The SMILES string of the molecule is C[C@@H](O)CC(=O)NCC(=O)NCC=O. The molecule has 80 valence electrons. The van der Waals surface area contributed by atoms with E-state index >= 15 is 0 Å². The van der Waals surface area contributed by atoms with Gasteiger partial charge in [0.1, 0.15) is 6.29 Å². The first-order valence-electron chi connectivity index (χ1n) is 4.21. The summed E-state index contributed by atoms with van der Waals surface area (Å²) in [5, 5.41) is 13.4. The maximum absolute atomic E-state index is 10.9. The van der Waals surface area contributed by atoms with Crippen molar-refractivity contribution in [2.24, 2.45) is 0 Å². The van der Waals surface area contributed by atoms with E-state index < -0.39 is 17.9 Å². The molecule has 0 aliphatic carbocycles. The average molecular weight is 202 g/mol. The highest BCUT2D eigenvalue weighted by Gasteiger charge is 2.07. The van der Waals surface area contributed by atoms with Crippen LogP contribution in [0.15, 0.2) is 0 Å². The first kappa shape index (κ1) is 12.6. The topological polar surface area (TPSA) is 95.5 Å². The van der Waals surface area contributed by atoms with E-state index in [0.717, 1.165) is 0 Å². The Morgan fingerprint density at radius 1 is 1.36 bits per heavy atom. The third kappa shape index (κ3) is 7.23. The van der Waals surface area contributed by atoms with Gasteiger partial charge in [0.2, 0.25) is 11.8 Å². The molecule has 0 heterocycles. The maximum Gasteiger partial charge on any atom is 0.239 e. The monoisotopic (exact) mass is 202 g/mol. The highest BCUT2D eigenvalue weighted by Crippen LogP contribution is 1.87. The molecular formula is C8H14N2O4. The number of hydrogen-bond donors (Lipinski definition) is 3. The number of hydrogen-bond acceptors (Lipinski definition) is 4. The van der Waals surface area contributed by atoms with Gasteiger partial charge >= 0.3 is 0 Å². The summed E-state index contributed by atoms with van der Waals surface area (Å²) in [5.41, 5.74) is 0. The number of aliphatic hydroxyl groups excluding tert-OH is 1. The van der Waals surface area contributed by atoms with Crippen LogP contribution in [-0.4, -0.2) is 42.4 Å². The predicted octanol–water partition coefficient (Wildman–Crippen LogP) is -1.81. The number of nitrogens with one attached hydrogen (secondary N) is 2. The highest BCUT2D eigenvalue weighted by molar-refractivity contribution is 5.85. The van der Waals surface area contributed by atoms with Crippen LogP contribution in [0.1, 0.15) is 13.3 Å². The third-order valence-electron chi connectivity index (χ3n) is 1.31. The van der Waals surface area contributed by atoms with E-state index in [1.54, 1.807) is 0 Å². The molecule has 0 aliphatic heterocycles. The first-order valence-corrected chi connectivity index (χ1v) is 4.21. The molecule has 0 radical (unpaired) electrons. The molecule has 0 fully saturated rings. The van der Waals surface area contributed by atoms with E-state index in [-0.39, 0.29) is 19.5 Å². The van der Waals surface area contributed by atoms with Crippen molar-refractivity contribution in [3.05, 3.63) is 0 Å². The van der Waals surface area contributed by atoms with Crippen molar-refractivity contribution in [1.29, 1.82) is 0 Å². The van der Waals surface area contributed by atoms with Gasteiger partial charge in [0.15, 0.2) is 0 Å². The van der Waals surface area contributed by atoms with Crippen molar-refractivity contribution in [2.45, 2.75) is 19.4 Å². The second kappa shape index (κ2) is 7.02. The maximum atomic E-state index is 10.9. The Balaban J connectivity index is 3.55. The molecule has 0 aromatic carbocycles. The minimum absolute atomic E-state index is 0.0407. The summed E-state index contributed by atoms with van der Waals surface area (Å²) in [7, 11) is 0. The molecule has 3 N–H and O–H groups in total. The minimum Gasteiger partial charge on any atom is -0.393 e. The largest absolute Gasteiger partial charge is 0.393 e. The van der Waals surface area contributed by atoms with Crippen LogP contribution in [0.3, 0.4) is 0 Å². The minimum atomic E-state index is -0.729. The van der Waals surface area contributed by atoms with Crippen LogP contribution in [0, 0.1) is 0 Å². The molecule has 6 nitrogen and oxygen atoms in total. The van der Waals surface area contributed by atoms with E-state index in [1.165, 1.54) is 6.92 Å². The van der Waals surface area contributed by atoms with E-state index in [1.807, 2.05) is 0 Å². The summed E-state index contributed by atoms with van der Waals surface area (Å²) in [4.78, 5) is 31.6. The molecule has 0 spiro atoms. The molecule has 6 heteroatoms. The average Bonchev–Trinajstić information content (AvgIpc) is 2.10. The number of amides is 2. The molecule has 0 aromatic rings. The zero-order valence-corrected chi connectivity index (χ0v) is 7.95. The van der Waals surface area contributed by atoms with E-state index in [9.17, 15) is 14.4 Å². The van der Waals surface area contributed by atoms with E-state index in [0.29, 0.717) is 6.29 Å². The number of aldehydes is 1. The Bertz CT molecular complexity index is 215. The molecule has 2 amide bonds. The first-order chi connectivity index (χ1) is 6.56. The van der Waals surface area contributed by atoms with Crippen LogP contribution < -0.4 is 10.6 Å². The summed E-state index contributed by atoms with van der Waals surface area (Å²) in [6.07, 6.45) is -0.218. The van der Waals surface area contributed by atoms with Crippen molar-refractivity contribution in [2.75, 3.05) is 13.1 Å². The second-order valence-corrected chi connectivity index (χ2v) is 2.80. The molecule has 0 aromatic heterocycles. The number of carbonyl (C=O) groups is 3. The van der Waals surface area contributed by atoms with Gasteiger partial charge in [-0.3, -0.25) is 9.59 Å². The lowest BCUT2D eigenvalue weighted by Crippen LogP contribution is -2.38. The van der Waals surface area contributed by atoms with Gasteiger partial charge in [0.25, 0.3) is 0 Å². The summed E-state index contributed by atoms with van der Waals surface area (Å²) >= 11 is 0. The van der Waals surface area contributed by atoms with Gasteiger partial charge in [0, 0.05) is 0 Å². The molecular weight excluding hydrogens is 188 g/mol. The fourth-order valence-corrected chi connectivity index (χ4v) is 0.737. The van der Waals surface area contributed by atoms with Crippen molar-refractivity contribution in [3.63, 3.8) is 0 Å². The van der Waals surface area contributed by atoms with Gasteiger partial charge in [-0.1, -0.05) is 0 Å². The Hall–Kier alpha value is -1.43. The molecule has 0 bridgehead atoms. The van der Waals surface area contributed by atoms with Crippen LogP contribution in [0.2, 0.25) is 0 Å². The van der Waals surface area contributed by atoms with Crippen LogP contribution >= 0.6 is 0 Å². The summed E-state index contributed by atoms with van der Waals surface area (Å²) < 4.78 is 0. The Morgan fingerprint density at radius 2 is 2.00 bits per heavy atom. The second-order valence-electron chi connectivity index (χ2n) is 2.80. The fraction of sp³-hybridized carbons (Fsp3) is 0.625. The van der Waals surface area contributed by atoms with Crippen LogP contribution in [0.4, 0.5) is 0 Å². The molecule has 0 unspecified atom stereocenters. The van der Waals surface area contributed by atoms with Gasteiger partial charge in [-0.05, 0) is 6.92 Å². The number of aliphatic hydroxyl groups is 1. The number of carbonyl (C=O) groups excluding carboxylic acids is 3. The molecule has 0 aliphatic rings. The van der Waals surface area contributed by atoms with Gasteiger partial charge in [-0.15, -0.1) is 0 Å². The molecule has 1 atom stereocenters. The van der Waals surface area contributed by atoms with Gasteiger partial charge in [0.05, 0.1) is 25.6 Å². The fourth-order valence-electron chi connectivity index (χ4n) is 0.737. The van der Waals surface area contributed by atoms with Crippen LogP contribution in [0.25, 0.3) is 0 Å². The molecule has 0 saturated carbocycles. The lowest BCUT2D eigenvalue weighted by molar-refractivity contribution is -0.127. The Morgan fingerprint density at radius 3 is 2.50 bits per heavy atom. The molecule has 14 heavy (non-hydrogen) atoms. The third-order valence-corrected chi connectivity index (χ3v) is 1.31. The smallest absolute Gasteiger partial charge is 0.239 e. The normalized spacial score (nSPS) is 11.6. The standard InChI is InChI=1S/C8H14N2O4/c1-6(12)4-7(13)10-5-8(14)9-2-3-11/h3,6,12H,2,4-5H2,1H3,(H,9,14)(H,10,13)/t6-/m1/s1. The molecule has 0 saturated heterocycles. The zero-order chi connectivity index (χ0) is 11.0. The Kier molecular flexibility index (Phi) is 6.30. The molecule has 0 rings (SSSR count). The van der Waals surface area contributed by atoms with Gasteiger partial charge in [-0.25, -0.2) is 0 Å². The van der Waals surface area contributed by atoms with E-state index in [2.05, 4.69) is 10.6 Å². The summed E-state index contributed by atoms with van der Waals surface area (Å²) in [6, 6.07) is 0. The highest BCUT2D eigenvalue weighted by atomic mass is 16.3. The van der Waals surface area contributed by atoms with Gasteiger partial charge in [-0.2, -0.15) is 0 Å². The number of rotatable bonds is 6. The Labute approximate surface area is 81.7 Å².